The molecule has 10 heavy (non-hydrogen) atoms. The summed E-state index contributed by atoms with van der Waals surface area (Å²) in [6.45, 7) is 0.508. The van der Waals surface area contributed by atoms with Crippen LogP contribution in [0, 0.1) is 0 Å². The highest BCUT2D eigenvalue weighted by Crippen LogP contribution is 2.00. The fourth-order valence-electron chi connectivity index (χ4n) is 0.868. The molecular weight excluding hydrogens is 134 g/mol. The van der Waals surface area contributed by atoms with E-state index in [9.17, 15) is 4.79 Å². The van der Waals surface area contributed by atoms with Gasteiger partial charge in [-0.15, -0.1) is 0 Å². The number of carbonyl (C=O) groups is 1. The highest BCUT2D eigenvalue weighted by atomic mass is 16.4. The number of nitrogens with one attached hydrogen (secondary N) is 1. The molecule has 56 valence electrons. The Hall–Kier alpha value is -0.870. The lowest BCUT2D eigenvalue weighted by Gasteiger charge is -2.20. The molecule has 0 saturated carbocycles. The third-order valence-electron chi connectivity index (χ3n) is 1.40. The minimum atomic E-state index is -1.02. The molecule has 0 saturated heterocycles. The van der Waals surface area contributed by atoms with Crippen molar-refractivity contribution >= 4 is 5.97 Å². The van der Waals surface area contributed by atoms with Gasteiger partial charge in [-0.3, -0.25) is 10.1 Å². The number of hydrogen-bond acceptors (Lipinski definition) is 3. The molecule has 3 N–H and O–H groups in total. The quantitative estimate of drug-likeness (QED) is 0.410. The van der Waals surface area contributed by atoms with Crippen molar-refractivity contribution in [2.75, 3.05) is 6.54 Å². The van der Waals surface area contributed by atoms with Crippen LogP contribution < -0.4 is 5.32 Å². The zero-order valence-corrected chi connectivity index (χ0v) is 5.32. The van der Waals surface area contributed by atoms with Crippen molar-refractivity contribution in [2.24, 2.45) is 0 Å². The van der Waals surface area contributed by atoms with Gasteiger partial charge in [-0.2, -0.15) is 0 Å². The average molecular weight is 143 g/mol. The van der Waals surface area contributed by atoms with Crippen LogP contribution in [0.2, 0.25) is 0 Å². The highest BCUT2D eigenvalue weighted by Gasteiger charge is 2.25. The first-order valence-electron chi connectivity index (χ1n) is 3.03. The molecule has 1 aliphatic rings. The summed E-state index contributed by atoms with van der Waals surface area (Å²) in [5.41, 5.74) is 0. The van der Waals surface area contributed by atoms with Crippen LogP contribution >= 0.6 is 0 Å². The van der Waals surface area contributed by atoms with Crippen LogP contribution in [0.1, 0.15) is 0 Å². The van der Waals surface area contributed by atoms with E-state index in [2.05, 4.69) is 5.32 Å². The minimum absolute atomic E-state index is 0.508. The van der Waals surface area contributed by atoms with Crippen LogP contribution in [0.5, 0.6) is 0 Å². The summed E-state index contributed by atoms with van der Waals surface area (Å²) in [6.07, 6.45) is 2.28. The highest BCUT2D eigenvalue weighted by molar-refractivity contribution is 5.74. The van der Waals surface area contributed by atoms with E-state index in [4.69, 9.17) is 10.2 Å². The largest absolute Gasteiger partial charge is 0.480 e. The second-order valence-corrected chi connectivity index (χ2v) is 2.14. The van der Waals surface area contributed by atoms with Crippen LogP contribution in [0.4, 0.5) is 0 Å². The molecule has 0 aliphatic carbocycles. The van der Waals surface area contributed by atoms with Gasteiger partial charge in [0.05, 0.1) is 6.10 Å². The van der Waals surface area contributed by atoms with E-state index in [1.165, 1.54) is 6.08 Å². The summed E-state index contributed by atoms with van der Waals surface area (Å²) in [4.78, 5) is 10.3. The van der Waals surface area contributed by atoms with Gasteiger partial charge in [0.1, 0.15) is 6.04 Å². The molecule has 1 rings (SSSR count). The van der Waals surface area contributed by atoms with Crippen molar-refractivity contribution in [3.05, 3.63) is 12.2 Å². The Labute approximate surface area is 58.2 Å². The molecule has 0 unspecified atom stereocenters. The SMILES string of the molecule is O=C(O)[C@H]1NCC=C[C@@H]1O. The predicted molar refractivity (Wildman–Crippen MR) is 34.6 cm³/mol. The molecule has 1 heterocycles. The third-order valence-corrected chi connectivity index (χ3v) is 1.40. The molecule has 2 atom stereocenters. The number of aliphatic carboxylic acids is 1. The van der Waals surface area contributed by atoms with Crippen molar-refractivity contribution in [2.45, 2.75) is 12.1 Å². The molecule has 0 aromatic heterocycles. The average Bonchev–Trinajstić information content (AvgIpc) is 1.88. The molecule has 0 spiro atoms. The van der Waals surface area contributed by atoms with E-state index in [0.717, 1.165) is 0 Å². The third kappa shape index (κ3) is 1.34. The van der Waals surface area contributed by atoms with Gasteiger partial charge < -0.3 is 10.2 Å². The Kier molecular flexibility index (Phi) is 2.03. The lowest BCUT2D eigenvalue weighted by atomic mass is 10.1. The second kappa shape index (κ2) is 2.81. The number of carboxylic acids is 1. The Morgan fingerprint density at radius 3 is 2.80 bits per heavy atom. The fraction of sp³-hybridized carbons (Fsp3) is 0.500. The minimum Gasteiger partial charge on any atom is -0.480 e. The normalized spacial score (nSPS) is 32.1. The number of carboxylic acid groups (broad SMARTS) is 1. The maximum atomic E-state index is 10.3. The summed E-state index contributed by atoms with van der Waals surface area (Å²) < 4.78 is 0. The van der Waals surface area contributed by atoms with Crippen molar-refractivity contribution in [1.29, 1.82) is 0 Å². The fourth-order valence-corrected chi connectivity index (χ4v) is 0.868. The molecule has 4 heteroatoms. The van der Waals surface area contributed by atoms with Gasteiger partial charge in [-0.05, 0) is 0 Å². The van der Waals surface area contributed by atoms with E-state index < -0.39 is 18.1 Å². The maximum Gasteiger partial charge on any atom is 0.323 e. The van der Waals surface area contributed by atoms with E-state index in [0.29, 0.717) is 6.54 Å². The molecule has 0 bridgehead atoms. The standard InChI is InChI=1S/C6H9NO3/c8-4-2-1-3-7-5(4)6(9)10/h1-2,4-5,7-8H,3H2,(H,9,10)/t4-,5-/m0/s1. The molecule has 4 nitrogen and oxygen atoms in total. The smallest absolute Gasteiger partial charge is 0.323 e. The summed E-state index contributed by atoms with van der Waals surface area (Å²) >= 11 is 0. The van der Waals surface area contributed by atoms with Gasteiger partial charge in [0.2, 0.25) is 0 Å². The van der Waals surface area contributed by atoms with E-state index in [1.54, 1.807) is 6.08 Å². The predicted octanol–water partition coefficient (Wildman–Crippen LogP) is -1.04. The Morgan fingerprint density at radius 2 is 2.40 bits per heavy atom. The Morgan fingerprint density at radius 1 is 1.70 bits per heavy atom. The molecule has 0 aromatic carbocycles. The van der Waals surface area contributed by atoms with Gasteiger partial charge in [0.25, 0.3) is 0 Å². The van der Waals surface area contributed by atoms with Gasteiger partial charge in [-0.1, -0.05) is 12.2 Å². The molecule has 0 aromatic rings. The molecule has 0 fully saturated rings. The van der Waals surface area contributed by atoms with Crippen LogP contribution in [-0.4, -0.2) is 34.9 Å². The Balaban J connectivity index is 2.60. The number of aliphatic hydroxyl groups excluding tert-OH is 1. The van der Waals surface area contributed by atoms with Crippen LogP contribution in [0.3, 0.4) is 0 Å². The van der Waals surface area contributed by atoms with Gasteiger partial charge in [-0.25, -0.2) is 0 Å². The van der Waals surface area contributed by atoms with Crippen LogP contribution in [0.15, 0.2) is 12.2 Å². The van der Waals surface area contributed by atoms with E-state index in [1.807, 2.05) is 0 Å². The molecule has 0 amide bonds. The van der Waals surface area contributed by atoms with E-state index in [-0.39, 0.29) is 0 Å². The summed E-state index contributed by atoms with van der Waals surface area (Å²) in [5.74, 6) is -1.02. The van der Waals surface area contributed by atoms with Gasteiger partial charge in [0.15, 0.2) is 0 Å². The lowest BCUT2D eigenvalue weighted by molar-refractivity contribution is -0.141. The van der Waals surface area contributed by atoms with Gasteiger partial charge in [0, 0.05) is 6.54 Å². The summed E-state index contributed by atoms with van der Waals surface area (Å²) in [6, 6.07) is -0.843. The van der Waals surface area contributed by atoms with Crippen molar-refractivity contribution in [1.82, 2.24) is 5.32 Å². The van der Waals surface area contributed by atoms with Crippen molar-refractivity contribution in [3.8, 4) is 0 Å². The van der Waals surface area contributed by atoms with E-state index >= 15 is 0 Å². The summed E-state index contributed by atoms with van der Waals surface area (Å²) in [7, 11) is 0. The van der Waals surface area contributed by atoms with Crippen molar-refractivity contribution < 1.29 is 15.0 Å². The number of rotatable bonds is 1. The molecular formula is C6H9NO3. The Bertz CT molecular complexity index is 166. The first-order chi connectivity index (χ1) is 4.72. The number of aliphatic hydroxyl groups is 1. The van der Waals surface area contributed by atoms with Crippen LogP contribution in [0.25, 0.3) is 0 Å². The molecule has 1 aliphatic heterocycles. The summed E-state index contributed by atoms with van der Waals surface area (Å²) in [5, 5.41) is 20.1. The first kappa shape index (κ1) is 7.24. The van der Waals surface area contributed by atoms with Crippen LogP contribution in [-0.2, 0) is 4.79 Å². The molecule has 0 radical (unpaired) electrons. The van der Waals surface area contributed by atoms with Crippen molar-refractivity contribution in [3.63, 3.8) is 0 Å². The zero-order chi connectivity index (χ0) is 7.56. The van der Waals surface area contributed by atoms with Gasteiger partial charge >= 0.3 is 5.97 Å². The zero-order valence-electron chi connectivity index (χ0n) is 5.32. The number of hydrogen-bond donors (Lipinski definition) is 3. The maximum absolute atomic E-state index is 10.3. The topological polar surface area (TPSA) is 69.6 Å². The lowest BCUT2D eigenvalue weighted by Crippen LogP contribution is -2.47. The first-order valence-corrected chi connectivity index (χ1v) is 3.03. The monoisotopic (exact) mass is 143 g/mol. The second-order valence-electron chi connectivity index (χ2n) is 2.14.